The first kappa shape index (κ1) is 27.3. The predicted octanol–water partition coefficient (Wildman–Crippen LogP) is 3.57. The SMILES string of the molecule is COc1ccc(C(Cc2ccccc2C)NCC(O)Cc2ccc(O)c(NS(C)(=O)=O)c2)cc1OC. The Kier molecular flexibility index (Phi) is 9.19. The summed E-state index contributed by atoms with van der Waals surface area (Å²) < 4.78 is 36.3. The number of anilines is 1. The highest BCUT2D eigenvalue weighted by atomic mass is 32.2. The number of aryl methyl sites for hydroxylation is 1. The molecule has 0 amide bonds. The number of nitrogens with one attached hydrogen (secondary N) is 2. The van der Waals surface area contributed by atoms with Crippen LogP contribution in [0.25, 0.3) is 0 Å². The highest BCUT2D eigenvalue weighted by Gasteiger charge is 2.18. The van der Waals surface area contributed by atoms with Gasteiger partial charge in [0.15, 0.2) is 11.5 Å². The van der Waals surface area contributed by atoms with E-state index in [0.717, 1.165) is 11.8 Å². The van der Waals surface area contributed by atoms with Gasteiger partial charge in [0.05, 0.1) is 32.3 Å². The van der Waals surface area contributed by atoms with Gasteiger partial charge in [-0.1, -0.05) is 36.4 Å². The quantitative estimate of drug-likeness (QED) is 0.273. The molecule has 2 atom stereocenters. The van der Waals surface area contributed by atoms with Crippen LogP contribution in [-0.2, 0) is 22.9 Å². The first-order chi connectivity index (χ1) is 17.1. The zero-order valence-corrected chi connectivity index (χ0v) is 21.8. The van der Waals surface area contributed by atoms with Gasteiger partial charge in [-0.05, 0) is 66.3 Å². The van der Waals surface area contributed by atoms with Crippen LogP contribution in [0.2, 0.25) is 0 Å². The zero-order valence-electron chi connectivity index (χ0n) is 21.0. The molecule has 3 rings (SSSR count). The summed E-state index contributed by atoms with van der Waals surface area (Å²) in [5.41, 5.74) is 4.13. The molecule has 0 radical (unpaired) electrons. The van der Waals surface area contributed by atoms with Crippen LogP contribution >= 0.6 is 0 Å². The number of ether oxygens (including phenoxy) is 2. The van der Waals surface area contributed by atoms with Crippen LogP contribution in [0.5, 0.6) is 17.2 Å². The summed E-state index contributed by atoms with van der Waals surface area (Å²) >= 11 is 0. The predicted molar refractivity (Wildman–Crippen MR) is 141 cm³/mol. The van der Waals surface area contributed by atoms with Crippen molar-refractivity contribution in [1.82, 2.24) is 5.32 Å². The fourth-order valence-corrected chi connectivity index (χ4v) is 4.61. The molecule has 36 heavy (non-hydrogen) atoms. The number of hydrogen-bond donors (Lipinski definition) is 4. The molecule has 0 aromatic heterocycles. The van der Waals surface area contributed by atoms with Gasteiger partial charge in [0.1, 0.15) is 5.75 Å². The van der Waals surface area contributed by atoms with Crippen molar-refractivity contribution in [2.75, 3.05) is 31.7 Å². The standard InChI is InChI=1S/C27H34N2O6S/c1-18-7-5-6-8-20(18)15-23(21-10-12-26(34-2)27(16-21)35-3)28-17-22(30)13-19-9-11-25(31)24(14-19)29-36(4,32)33/h5-12,14,16,22-23,28-31H,13,15,17H2,1-4H3. The lowest BCUT2D eigenvalue weighted by molar-refractivity contribution is 0.167. The molecule has 0 aliphatic carbocycles. The molecule has 0 aliphatic rings. The second-order valence-electron chi connectivity index (χ2n) is 8.79. The number of hydrogen-bond acceptors (Lipinski definition) is 7. The molecule has 194 valence electrons. The van der Waals surface area contributed by atoms with Crippen LogP contribution in [0.15, 0.2) is 60.7 Å². The Balaban J connectivity index is 1.77. The van der Waals surface area contributed by atoms with E-state index < -0.39 is 16.1 Å². The molecule has 8 nitrogen and oxygen atoms in total. The Bertz CT molecular complexity index is 1280. The third-order valence-electron chi connectivity index (χ3n) is 5.92. The third-order valence-corrected chi connectivity index (χ3v) is 6.51. The lowest BCUT2D eigenvalue weighted by atomic mass is 9.95. The number of aliphatic hydroxyl groups excluding tert-OH is 1. The van der Waals surface area contributed by atoms with Crippen molar-refractivity contribution in [3.63, 3.8) is 0 Å². The van der Waals surface area contributed by atoms with Gasteiger partial charge in [0.25, 0.3) is 0 Å². The topological polar surface area (TPSA) is 117 Å². The number of phenolic OH excluding ortho intramolecular Hbond substituents is 1. The number of methoxy groups -OCH3 is 2. The average molecular weight is 515 g/mol. The fourth-order valence-electron chi connectivity index (χ4n) is 4.05. The van der Waals surface area contributed by atoms with Gasteiger partial charge in [0.2, 0.25) is 10.0 Å². The fraction of sp³-hybridized carbons (Fsp3) is 0.333. The van der Waals surface area contributed by atoms with E-state index in [1.807, 2.05) is 30.3 Å². The molecule has 3 aromatic carbocycles. The first-order valence-electron chi connectivity index (χ1n) is 11.6. The van der Waals surface area contributed by atoms with Crippen LogP contribution in [0.3, 0.4) is 0 Å². The smallest absolute Gasteiger partial charge is 0.229 e. The molecular weight excluding hydrogens is 480 g/mol. The molecule has 0 saturated heterocycles. The number of sulfonamides is 1. The van der Waals surface area contributed by atoms with E-state index in [9.17, 15) is 18.6 Å². The van der Waals surface area contributed by atoms with E-state index in [1.165, 1.54) is 23.3 Å². The maximum atomic E-state index is 11.6. The van der Waals surface area contributed by atoms with Gasteiger partial charge in [0, 0.05) is 12.6 Å². The number of rotatable bonds is 12. The molecule has 4 N–H and O–H groups in total. The number of benzene rings is 3. The van der Waals surface area contributed by atoms with Gasteiger partial charge in [-0.25, -0.2) is 8.42 Å². The van der Waals surface area contributed by atoms with Crippen LogP contribution in [0, 0.1) is 6.92 Å². The lowest BCUT2D eigenvalue weighted by Crippen LogP contribution is -2.33. The van der Waals surface area contributed by atoms with E-state index >= 15 is 0 Å². The Morgan fingerprint density at radius 1 is 0.944 bits per heavy atom. The Morgan fingerprint density at radius 2 is 1.67 bits per heavy atom. The van der Waals surface area contributed by atoms with Crippen LogP contribution in [0.1, 0.15) is 28.3 Å². The second kappa shape index (κ2) is 12.1. The number of aromatic hydroxyl groups is 1. The molecule has 0 heterocycles. The minimum Gasteiger partial charge on any atom is -0.506 e. The van der Waals surface area contributed by atoms with Crippen LogP contribution < -0.4 is 19.5 Å². The summed E-state index contributed by atoms with van der Waals surface area (Å²) in [6.45, 7) is 2.36. The summed E-state index contributed by atoms with van der Waals surface area (Å²) in [7, 11) is -0.354. The van der Waals surface area contributed by atoms with Gasteiger partial charge >= 0.3 is 0 Å². The van der Waals surface area contributed by atoms with Gasteiger partial charge in [-0.3, -0.25) is 4.72 Å². The summed E-state index contributed by atoms with van der Waals surface area (Å²) in [6.07, 6.45) is 1.24. The largest absolute Gasteiger partial charge is 0.506 e. The van der Waals surface area contributed by atoms with E-state index in [1.54, 1.807) is 20.3 Å². The molecule has 9 heteroatoms. The minimum absolute atomic E-state index is 0.0814. The molecule has 3 aromatic rings. The highest BCUT2D eigenvalue weighted by Crippen LogP contribution is 2.31. The first-order valence-corrected chi connectivity index (χ1v) is 13.5. The molecule has 0 spiro atoms. The molecule has 2 unspecified atom stereocenters. The van der Waals surface area contributed by atoms with Crippen LogP contribution in [-0.4, -0.2) is 51.8 Å². The third kappa shape index (κ3) is 7.61. The van der Waals surface area contributed by atoms with Gasteiger partial charge in [-0.2, -0.15) is 0 Å². The van der Waals surface area contributed by atoms with Crippen molar-refractivity contribution < 1.29 is 28.1 Å². The van der Waals surface area contributed by atoms with Crippen molar-refractivity contribution in [2.45, 2.75) is 31.9 Å². The Morgan fingerprint density at radius 3 is 2.33 bits per heavy atom. The van der Waals surface area contributed by atoms with E-state index in [2.05, 4.69) is 29.1 Å². The van der Waals surface area contributed by atoms with Crippen molar-refractivity contribution in [2.24, 2.45) is 0 Å². The van der Waals surface area contributed by atoms with E-state index in [-0.39, 0.29) is 23.9 Å². The maximum absolute atomic E-state index is 11.6. The number of phenols is 1. The minimum atomic E-state index is -3.55. The normalized spacial score (nSPS) is 13.1. The molecule has 0 fully saturated rings. The van der Waals surface area contributed by atoms with Crippen molar-refractivity contribution in [1.29, 1.82) is 0 Å². The Hall–Kier alpha value is -3.27. The molecule has 0 aliphatic heterocycles. The summed E-state index contributed by atoms with van der Waals surface area (Å²) in [6, 6.07) is 18.4. The Labute approximate surface area is 213 Å². The van der Waals surface area contributed by atoms with Crippen molar-refractivity contribution in [3.8, 4) is 17.2 Å². The van der Waals surface area contributed by atoms with Gasteiger partial charge < -0.3 is 25.0 Å². The second-order valence-corrected chi connectivity index (χ2v) is 10.5. The van der Waals surface area contributed by atoms with E-state index in [0.29, 0.717) is 30.0 Å². The zero-order chi connectivity index (χ0) is 26.3. The average Bonchev–Trinajstić information content (AvgIpc) is 2.83. The van der Waals surface area contributed by atoms with Crippen molar-refractivity contribution in [3.05, 3.63) is 82.9 Å². The monoisotopic (exact) mass is 514 g/mol. The van der Waals surface area contributed by atoms with Crippen LogP contribution in [0.4, 0.5) is 5.69 Å². The number of aliphatic hydroxyl groups is 1. The van der Waals surface area contributed by atoms with E-state index in [4.69, 9.17) is 9.47 Å². The molecule has 0 bridgehead atoms. The van der Waals surface area contributed by atoms with Gasteiger partial charge in [-0.15, -0.1) is 0 Å². The summed E-state index contributed by atoms with van der Waals surface area (Å²) in [4.78, 5) is 0. The lowest BCUT2D eigenvalue weighted by Gasteiger charge is -2.23. The maximum Gasteiger partial charge on any atom is 0.229 e. The summed E-state index contributed by atoms with van der Waals surface area (Å²) in [5.74, 6) is 1.09. The highest BCUT2D eigenvalue weighted by molar-refractivity contribution is 7.92. The molecule has 0 saturated carbocycles. The molecular formula is C27H34N2O6S. The summed E-state index contributed by atoms with van der Waals surface area (Å²) in [5, 5.41) is 24.2. The van der Waals surface area contributed by atoms with Crippen molar-refractivity contribution >= 4 is 15.7 Å².